The molecule has 0 bridgehead atoms. The van der Waals surface area contributed by atoms with Crippen molar-refractivity contribution in [3.63, 3.8) is 0 Å². The van der Waals surface area contributed by atoms with Crippen LogP contribution in [0.4, 0.5) is 10.8 Å². The smallest absolute Gasteiger partial charge is 0.270 e. The maximum atomic E-state index is 11.9. The zero-order chi connectivity index (χ0) is 15.8. The molecule has 2 rings (SSSR count). The lowest BCUT2D eigenvalue weighted by Crippen LogP contribution is -2.25. The molecule has 118 valence electrons. The Hall–Kier alpha value is -1.63. The van der Waals surface area contributed by atoms with Gasteiger partial charge in [-0.05, 0) is 37.6 Å². The van der Waals surface area contributed by atoms with Gasteiger partial charge in [0.05, 0.1) is 0 Å². The predicted octanol–water partition coefficient (Wildman–Crippen LogP) is 3.70. The highest BCUT2D eigenvalue weighted by Gasteiger charge is 2.10. The molecule has 2 N–H and O–H groups in total. The Balaban J connectivity index is 1.82. The number of halogens is 1. The van der Waals surface area contributed by atoms with E-state index in [2.05, 4.69) is 15.6 Å². The zero-order valence-electron chi connectivity index (χ0n) is 12.3. The first-order chi connectivity index (χ1) is 10.7. The lowest BCUT2D eigenvalue weighted by atomic mass is 10.3. The lowest BCUT2D eigenvalue weighted by Gasteiger charge is -2.03. The van der Waals surface area contributed by atoms with E-state index in [0.29, 0.717) is 35.6 Å². The highest BCUT2D eigenvalue weighted by Crippen LogP contribution is 2.22. The van der Waals surface area contributed by atoms with Crippen LogP contribution in [-0.2, 0) is 4.74 Å². The van der Waals surface area contributed by atoms with E-state index in [0.717, 1.165) is 12.1 Å². The first-order valence-electron chi connectivity index (χ1n) is 7.03. The Kier molecular flexibility index (Phi) is 6.64. The topological polar surface area (TPSA) is 63.2 Å². The Morgan fingerprint density at radius 3 is 2.86 bits per heavy atom. The van der Waals surface area contributed by atoms with Crippen LogP contribution in [0.15, 0.2) is 29.6 Å². The molecule has 0 aliphatic carbocycles. The van der Waals surface area contributed by atoms with Gasteiger partial charge in [0.1, 0.15) is 5.69 Å². The van der Waals surface area contributed by atoms with Crippen molar-refractivity contribution >= 4 is 39.7 Å². The molecule has 0 aliphatic heterocycles. The van der Waals surface area contributed by atoms with E-state index in [1.807, 2.05) is 19.1 Å². The SMILES string of the molecule is CCOCCCNC(=O)c1csc(Nc2ccc(Cl)cc2)n1. The number of rotatable bonds is 8. The number of hydrogen-bond donors (Lipinski definition) is 2. The number of aromatic nitrogens is 1. The van der Waals surface area contributed by atoms with E-state index in [1.165, 1.54) is 11.3 Å². The van der Waals surface area contributed by atoms with Gasteiger partial charge in [-0.1, -0.05) is 11.6 Å². The molecule has 0 atom stereocenters. The highest BCUT2D eigenvalue weighted by atomic mass is 35.5. The quantitative estimate of drug-likeness (QED) is 0.720. The maximum absolute atomic E-state index is 11.9. The monoisotopic (exact) mass is 339 g/mol. The molecule has 7 heteroatoms. The van der Waals surface area contributed by atoms with Crippen LogP contribution in [-0.4, -0.2) is 30.6 Å². The van der Waals surface area contributed by atoms with Gasteiger partial charge in [-0.25, -0.2) is 4.98 Å². The highest BCUT2D eigenvalue weighted by molar-refractivity contribution is 7.14. The summed E-state index contributed by atoms with van der Waals surface area (Å²) in [6, 6.07) is 7.31. The van der Waals surface area contributed by atoms with Crippen molar-refractivity contribution in [2.24, 2.45) is 0 Å². The summed E-state index contributed by atoms with van der Waals surface area (Å²) in [6.45, 7) is 3.87. The summed E-state index contributed by atoms with van der Waals surface area (Å²) in [5.41, 5.74) is 1.29. The van der Waals surface area contributed by atoms with Crippen LogP contribution >= 0.6 is 22.9 Å². The molecule has 0 saturated carbocycles. The zero-order valence-corrected chi connectivity index (χ0v) is 13.8. The number of nitrogens with one attached hydrogen (secondary N) is 2. The van der Waals surface area contributed by atoms with Crippen molar-refractivity contribution in [1.29, 1.82) is 0 Å². The molecule has 2 aromatic rings. The number of amides is 1. The number of ether oxygens (including phenoxy) is 1. The van der Waals surface area contributed by atoms with E-state index >= 15 is 0 Å². The molecule has 0 fully saturated rings. The van der Waals surface area contributed by atoms with Crippen molar-refractivity contribution in [3.8, 4) is 0 Å². The Morgan fingerprint density at radius 2 is 2.14 bits per heavy atom. The Labute approximate surface area is 138 Å². The molecule has 1 aromatic heterocycles. The van der Waals surface area contributed by atoms with E-state index < -0.39 is 0 Å². The van der Waals surface area contributed by atoms with Crippen molar-refractivity contribution in [2.45, 2.75) is 13.3 Å². The van der Waals surface area contributed by atoms with Crippen LogP contribution < -0.4 is 10.6 Å². The molecule has 22 heavy (non-hydrogen) atoms. The minimum Gasteiger partial charge on any atom is -0.382 e. The standard InChI is InChI=1S/C15H18ClN3O2S/c1-2-21-9-3-8-17-14(20)13-10-22-15(19-13)18-12-6-4-11(16)5-7-12/h4-7,10H,2-3,8-9H2,1H3,(H,17,20)(H,18,19). The van der Waals surface area contributed by atoms with Gasteiger partial charge in [-0.15, -0.1) is 11.3 Å². The molecule has 0 aliphatic rings. The number of nitrogens with zero attached hydrogens (tertiary/aromatic N) is 1. The molecule has 5 nitrogen and oxygen atoms in total. The summed E-state index contributed by atoms with van der Waals surface area (Å²) in [7, 11) is 0. The molecular weight excluding hydrogens is 322 g/mol. The van der Waals surface area contributed by atoms with Gasteiger partial charge in [0, 0.05) is 35.8 Å². The fraction of sp³-hybridized carbons (Fsp3) is 0.333. The van der Waals surface area contributed by atoms with Gasteiger partial charge in [-0.2, -0.15) is 0 Å². The van der Waals surface area contributed by atoms with Crippen molar-refractivity contribution < 1.29 is 9.53 Å². The summed E-state index contributed by atoms with van der Waals surface area (Å²) < 4.78 is 5.22. The average molecular weight is 340 g/mol. The second-order valence-electron chi connectivity index (χ2n) is 4.48. The number of thiazole rings is 1. The van der Waals surface area contributed by atoms with E-state index in [-0.39, 0.29) is 5.91 Å². The molecule has 0 spiro atoms. The second-order valence-corrected chi connectivity index (χ2v) is 5.77. The van der Waals surface area contributed by atoms with Gasteiger partial charge >= 0.3 is 0 Å². The number of carbonyl (C=O) groups is 1. The molecule has 0 unspecified atom stereocenters. The Morgan fingerprint density at radius 1 is 1.36 bits per heavy atom. The summed E-state index contributed by atoms with van der Waals surface area (Å²) >= 11 is 7.22. The van der Waals surface area contributed by atoms with Gasteiger partial charge in [0.2, 0.25) is 0 Å². The second kappa shape index (κ2) is 8.73. The van der Waals surface area contributed by atoms with E-state index in [4.69, 9.17) is 16.3 Å². The van der Waals surface area contributed by atoms with E-state index in [1.54, 1.807) is 17.5 Å². The summed E-state index contributed by atoms with van der Waals surface area (Å²) in [5.74, 6) is -0.170. The van der Waals surface area contributed by atoms with Crippen LogP contribution in [0.2, 0.25) is 5.02 Å². The van der Waals surface area contributed by atoms with E-state index in [9.17, 15) is 4.79 Å². The maximum Gasteiger partial charge on any atom is 0.270 e. The normalized spacial score (nSPS) is 10.5. The van der Waals surface area contributed by atoms with Crippen LogP contribution in [0.1, 0.15) is 23.8 Å². The van der Waals surface area contributed by atoms with Gasteiger partial charge in [0.25, 0.3) is 5.91 Å². The first kappa shape index (κ1) is 16.7. The number of carbonyl (C=O) groups excluding carboxylic acids is 1. The van der Waals surface area contributed by atoms with Crippen molar-refractivity contribution in [3.05, 3.63) is 40.4 Å². The summed E-state index contributed by atoms with van der Waals surface area (Å²) in [6.07, 6.45) is 0.791. The fourth-order valence-corrected chi connectivity index (χ4v) is 2.54. The van der Waals surface area contributed by atoms with Gasteiger partial charge in [0.15, 0.2) is 5.13 Å². The largest absolute Gasteiger partial charge is 0.382 e. The molecule has 1 heterocycles. The third kappa shape index (κ3) is 5.29. The van der Waals surface area contributed by atoms with Crippen LogP contribution in [0.5, 0.6) is 0 Å². The van der Waals surface area contributed by atoms with Crippen LogP contribution in [0.3, 0.4) is 0 Å². The van der Waals surface area contributed by atoms with Gasteiger partial charge < -0.3 is 15.4 Å². The average Bonchev–Trinajstić information content (AvgIpc) is 2.98. The molecular formula is C15H18ClN3O2S. The first-order valence-corrected chi connectivity index (χ1v) is 8.29. The summed E-state index contributed by atoms with van der Waals surface area (Å²) in [4.78, 5) is 16.2. The minimum absolute atomic E-state index is 0.170. The minimum atomic E-state index is -0.170. The molecule has 1 amide bonds. The lowest BCUT2D eigenvalue weighted by molar-refractivity contribution is 0.0940. The fourth-order valence-electron chi connectivity index (χ4n) is 1.70. The third-order valence-electron chi connectivity index (χ3n) is 2.79. The molecule has 1 aromatic carbocycles. The van der Waals surface area contributed by atoms with Crippen LogP contribution in [0.25, 0.3) is 0 Å². The van der Waals surface area contributed by atoms with Crippen LogP contribution in [0, 0.1) is 0 Å². The van der Waals surface area contributed by atoms with Crippen molar-refractivity contribution in [1.82, 2.24) is 10.3 Å². The third-order valence-corrected chi connectivity index (χ3v) is 3.80. The molecule has 0 radical (unpaired) electrons. The van der Waals surface area contributed by atoms with Crippen molar-refractivity contribution in [2.75, 3.05) is 25.1 Å². The number of hydrogen-bond acceptors (Lipinski definition) is 5. The van der Waals surface area contributed by atoms with Gasteiger partial charge in [-0.3, -0.25) is 4.79 Å². The Bertz CT molecular complexity index is 601. The number of benzene rings is 1. The number of anilines is 2. The summed E-state index contributed by atoms with van der Waals surface area (Å²) in [5, 5.41) is 9.04. The predicted molar refractivity (Wildman–Crippen MR) is 90.3 cm³/mol. The molecule has 0 saturated heterocycles.